The van der Waals surface area contributed by atoms with E-state index in [1.165, 1.54) is 0 Å². The normalized spacial score (nSPS) is 14.0. The number of aliphatic hydroxyl groups is 1. The lowest BCUT2D eigenvalue weighted by molar-refractivity contribution is -0.138. The number of hydrogen-bond donors (Lipinski definition) is 3. The molecule has 3 N–H and O–H groups in total. The van der Waals surface area contributed by atoms with Crippen LogP contribution in [0.5, 0.6) is 0 Å². The number of benzene rings is 1. The largest absolute Gasteiger partial charge is 0.481 e. The summed E-state index contributed by atoms with van der Waals surface area (Å²) in [6.45, 7) is 6.80. The molecule has 0 radical (unpaired) electrons. The van der Waals surface area contributed by atoms with Gasteiger partial charge in [0.1, 0.15) is 0 Å². The second-order valence-electron chi connectivity index (χ2n) is 5.30. The fourth-order valence-corrected chi connectivity index (χ4v) is 2.13. The number of carbonyl (C=O) groups is 1. The number of unbranched alkanes of at least 4 members (excludes halogenated alkanes) is 1. The first-order valence-corrected chi connectivity index (χ1v) is 7.16. The minimum atomic E-state index is -0.901. The second-order valence-corrected chi connectivity index (χ2v) is 5.30. The van der Waals surface area contributed by atoms with Crippen molar-refractivity contribution in [3.8, 4) is 0 Å². The zero-order valence-corrected chi connectivity index (χ0v) is 12.5. The lowest BCUT2D eigenvalue weighted by atomic mass is 9.96. The predicted octanol–water partition coefficient (Wildman–Crippen LogP) is 2.57. The molecule has 0 spiro atoms. The average Bonchev–Trinajstić information content (AvgIpc) is 2.40. The van der Waals surface area contributed by atoms with Crippen molar-refractivity contribution in [2.24, 2.45) is 0 Å². The Bertz CT molecular complexity index is 445. The van der Waals surface area contributed by atoms with Gasteiger partial charge in [-0.25, -0.2) is 0 Å². The molecule has 0 amide bonds. The predicted molar refractivity (Wildman–Crippen MR) is 79.8 cm³/mol. The first kappa shape index (κ1) is 16.7. The Morgan fingerprint density at radius 3 is 2.55 bits per heavy atom. The van der Waals surface area contributed by atoms with Crippen molar-refractivity contribution in [2.45, 2.75) is 52.2 Å². The second kappa shape index (κ2) is 8.02. The summed E-state index contributed by atoms with van der Waals surface area (Å²) in [4.78, 5) is 10.9. The van der Waals surface area contributed by atoms with Gasteiger partial charge in [0.05, 0.1) is 12.5 Å². The summed E-state index contributed by atoms with van der Waals surface area (Å²) in [5.74, 6) is -0.901. The Kier molecular flexibility index (Phi) is 6.68. The third kappa shape index (κ3) is 4.94. The molecule has 1 aromatic carbocycles. The van der Waals surface area contributed by atoms with E-state index in [0.29, 0.717) is 0 Å². The van der Waals surface area contributed by atoms with E-state index in [4.69, 9.17) is 5.11 Å². The molecule has 1 rings (SSSR count). The van der Waals surface area contributed by atoms with Gasteiger partial charge in [0.2, 0.25) is 0 Å². The van der Waals surface area contributed by atoms with Crippen molar-refractivity contribution in [1.29, 1.82) is 0 Å². The molecule has 0 aliphatic heterocycles. The zero-order valence-electron chi connectivity index (χ0n) is 12.5. The van der Waals surface area contributed by atoms with E-state index in [0.717, 1.165) is 36.1 Å². The van der Waals surface area contributed by atoms with Crippen molar-refractivity contribution in [3.05, 3.63) is 34.9 Å². The summed E-state index contributed by atoms with van der Waals surface area (Å²) >= 11 is 0. The van der Waals surface area contributed by atoms with Gasteiger partial charge in [0.25, 0.3) is 0 Å². The van der Waals surface area contributed by atoms with Crippen LogP contribution in [0.2, 0.25) is 0 Å². The van der Waals surface area contributed by atoms with E-state index in [1.807, 2.05) is 32.0 Å². The lowest BCUT2D eigenvalue weighted by Gasteiger charge is -2.23. The van der Waals surface area contributed by atoms with Gasteiger partial charge in [-0.15, -0.1) is 0 Å². The van der Waals surface area contributed by atoms with Crippen LogP contribution in [0, 0.1) is 13.8 Å². The Labute approximate surface area is 120 Å². The van der Waals surface area contributed by atoms with Crippen molar-refractivity contribution < 1.29 is 15.0 Å². The molecular formula is C16H25NO3. The van der Waals surface area contributed by atoms with Gasteiger partial charge >= 0.3 is 5.97 Å². The molecule has 20 heavy (non-hydrogen) atoms. The Balaban J connectivity index is 2.81. The van der Waals surface area contributed by atoms with Crippen molar-refractivity contribution >= 4 is 5.97 Å². The third-order valence-electron chi connectivity index (χ3n) is 3.59. The minimum absolute atomic E-state index is 0.0855. The average molecular weight is 279 g/mol. The van der Waals surface area contributed by atoms with Crippen LogP contribution < -0.4 is 5.32 Å². The van der Waals surface area contributed by atoms with Crippen LogP contribution in [0.1, 0.15) is 49.0 Å². The molecule has 4 nitrogen and oxygen atoms in total. The number of hydrogen-bond acceptors (Lipinski definition) is 3. The molecule has 4 heteroatoms. The van der Waals surface area contributed by atoms with Gasteiger partial charge < -0.3 is 15.5 Å². The van der Waals surface area contributed by atoms with E-state index in [-0.39, 0.29) is 6.42 Å². The van der Waals surface area contributed by atoms with Crippen LogP contribution in [0.15, 0.2) is 18.2 Å². The molecule has 0 aliphatic carbocycles. The van der Waals surface area contributed by atoms with Crippen molar-refractivity contribution in [3.63, 3.8) is 0 Å². The first-order valence-electron chi connectivity index (χ1n) is 7.16. The van der Waals surface area contributed by atoms with E-state index in [9.17, 15) is 9.90 Å². The van der Waals surface area contributed by atoms with Gasteiger partial charge in [-0.3, -0.25) is 4.79 Å². The number of aryl methyl sites for hydroxylation is 2. The quantitative estimate of drug-likeness (QED) is 0.640. The fraction of sp³-hybridized carbons (Fsp3) is 0.562. The maximum absolute atomic E-state index is 10.9. The van der Waals surface area contributed by atoms with E-state index >= 15 is 0 Å². The maximum Gasteiger partial charge on any atom is 0.305 e. The Hall–Kier alpha value is -1.39. The molecule has 2 unspecified atom stereocenters. The molecule has 1 aromatic rings. The highest BCUT2D eigenvalue weighted by molar-refractivity contribution is 5.67. The van der Waals surface area contributed by atoms with Gasteiger partial charge in [-0.1, -0.05) is 31.5 Å². The van der Waals surface area contributed by atoms with E-state index < -0.39 is 18.1 Å². The monoisotopic (exact) mass is 279 g/mol. The topological polar surface area (TPSA) is 69.6 Å². The number of rotatable bonds is 8. The summed E-state index contributed by atoms with van der Waals surface area (Å²) < 4.78 is 0. The van der Waals surface area contributed by atoms with Gasteiger partial charge in [-0.05, 0) is 43.5 Å². The standard InChI is InChI=1S/C16H25NO3/c1-4-5-8-17-14(10-15(18)19)16(20)13-7-6-11(2)12(3)9-13/h6-7,9,14,16-17,20H,4-5,8,10H2,1-3H3,(H,18,19). The summed E-state index contributed by atoms with van der Waals surface area (Å²) in [6.07, 6.45) is 1.11. The van der Waals surface area contributed by atoms with Crippen LogP contribution in [0.4, 0.5) is 0 Å². The van der Waals surface area contributed by atoms with E-state index in [1.54, 1.807) is 0 Å². The van der Waals surface area contributed by atoms with Gasteiger partial charge in [0.15, 0.2) is 0 Å². The SMILES string of the molecule is CCCCNC(CC(=O)O)C(O)c1ccc(C)c(C)c1. The van der Waals surface area contributed by atoms with Crippen LogP contribution in [0.25, 0.3) is 0 Å². The number of carboxylic acids is 1. The lowest BCUT2D eigenvalue weighted by Crippen LogP contribution is -2.37. The Morgan fingerprint density at radius 2 is 2.00 bits per heavy atom. The molecule has 0 heterocycles. The number of carboxylic acid groups (broad SMARTS) is 1. The van der Waals surface area contributed by atoms with Crippen LogP contribution in [-0.4, -0.2) is 28.8 Å². The van der Waals surface area contributed by atoms with E-state index in [2.05, 4.69) is 12.2 Å². The molecule has 112 valence electrons. The van der Waals surface area contributed by atoms with Crippen LogP contribution in [-0.2, 0) is 4.79 Å². The molecule has 0 aromatic heterocycles. The summed E-state index contributed by atoms with van der Waals surface area (Å²) in [5.41, 5.74) is 3.03. The van der Waals surface area contributed by atoms with Crippen molar-refractivity contribution in [2.75, 3.05) is 6.54 Å². The highest BCUT2D eigenvalue weighted by Gasteiger charge is 2.23. The van der Waals surface area contributed by atoms with Gasteiger partial charge in [0, 0.05) is 6.04 Å². The number of aliphatic hydroxyl groups excluding tert-OH is 1. The smallest absolute Gasteiger partial charge is 0.305 e. The molecule has 0 saturated carbocycles. The van der Waals surface area contributed by atoms with Gasteiger partial charge in [-0.2, -0.15) is 0 Å². The molecule has 2 atom stereocenters. The van der Waals surface area contributed by atoms with Crippen LogP contribution in [0.3, 0.4) is 0 Å². The molecule has 0 saturated heterocycles. The van der Waals surface area contributed by atoms with Crippen molar-refractivity contribution in [1.82, 2.24) is 5.32 Å². The molecule has 0 bridgehead atoms. The first-order chi connectivity index (χ1) is 9.45. The zero-order chi connectivity index (χ0) is 15.1. The summed E-state index contributed by atoms with van der Waals surface area (Å²) in [7, 11) is 0. The third-order valence-corrected chi connectivity index (χ3v) is 3.59. The number of aliphatic carboxylic acids is 1. The highest BCUT2D eigenvalue weighted by Crippen LogP contribution is 2.21. The molecule has 0 fully saturated rings. The summed E-state index contributed by atoms with van der Waals surface area (Å²) in [6, 6.07) is 5.29. The Morgan fingerprint density at radius 1 is 1.30 bits per heavy atom. The maximum atomic E-state index is 10.9. The van der Waals surface area contributed by atoms with Crippen LogP contribution >= 0.6 is 0 Å². The molecule has 0 aliphatic rings. The minimum Gasteiger partial charge on any atom is -0.481 e. The fourth-order valence-electron chi connectivity index (χ4n) is 2.13. The highest BCUT2D eigenvalue weighted by atomic mass is 16.4. The molecular weight excluding hydrogens is 254 g/mol. The number of nitrogens with one attached hydrogen (secondary N) is 1. The summed E-state index contributed by atoms with van der Waals surface area (Å²) in [5, 5.41) is 22.6.